The zero-order chi connectivity index (χ0) is 15.6. The number of rotatable bonds is 4. The van der Waals surface area contributed by atoms with Gasteiger partial charge in [-0.2, -0.15) is 0 Å². The van der Waals surface area contributed by atoms with Crippen LogP contribution in [0, 0.1) is 23.7 Å². The summed E-state index contributed by atoms with van der Waals surface area (Å²) < 4.78 is 10.8. The first-order valence-electron chi connectivity index (χ1n) is 7.29. The van der Waals surface area contributed by atoms with Gasteiger partial charge in [-0.05, 0) is 74.2 Å². The topological polar surface area (TPSA) is 18.5 Å². The molecular formula is C20H18O2. The van der Waals surface area contributed by atoms with Crippen molar-refractivity contribution in [2.75, 3.05) is 13.2 Å². The van der Waals surface area contributed by atoms with Gasteiger partial charge in [0.1, 0.15) is 11.5 Å². The van der Waals surface area contributed by atoms with Crippen LogP contribution in [0.15, 0.2) is 48.5 Å². The molecule has 2 heteroatoms. The van der Waals surface area contributed by atoms with Crippen molar-refractivity contribution in [1.82, 2.24) is 0 Å². The van der Waals surface area contributed by atoms with Crippen molar-refractivity contribution in [1.29, 1.82) is 0 Å². The average molecular weight is 290 g/mol. The minimum absolute atomic E-state index is 0.665. The molecule has 2 rings (SSSR count). The Balaban J connectivity index is 1.98. The molecule has 0 atom stereocenters. The summed E-state index contributed by atoms with van der Waals surface area (Å²) in [5, 5.41) is 0. The molecule has 0 spiro atoms. The molecule has 110 valence electrons. The highest BCUT2D eigenvalue weighted by Gasteiger charge is 1.91. The Kier molecular flexibility index (Phi) is 5.97. The van der Waals surface area contributed by atoms with Crippen molar-refractivity contribution in [2.45, 2.75) is 13.8 Å². The lowest BCUT2D eigenvalue weighted by molar-refractivity contribution is 0.340. The van der Waals surface area contributed by atoms with Crippen LogP contribution in [-0.2, 0) is 0 Å². The van der Waals surface area contributed by atoms with Crippen LogP contribution in [0.5, 0.6) is 11.5 Å². The Bertz CT molecular complexity index is 639. The monoisotopic (exact) mass is 290 g/mol. The van der Waals surface area contributed by atoms with Gasteiger partial charge in [0, 0.05) is 11.1 Å². The summed E-state index contributed by atoms with van der Waals surface area (Å²) in [6.07, 6.45) is 0. The van der Waals surface area contributed by atoms with Crippen LogP contribution in [0.3, 0.4) is 0 Å². The Hall–Kier alpha value is -2.84. The Morgan fingerprint density at radius 1 is 0.636 bits per heavy atom. The largest absolute Gasteiger partial charge is 0.494 e. The summed E-state index contributed by atoms with van der Waals surface area (Å²) in [5.41, 5.74) is 1.84. The van der Waals surface area contributed by atoms with E-state index in [1.807, 2.05) is 62.4 Å². The zero-order valence-electron chi connectivity index (χ0n) is 12.8. The van der Waals surface area contributed by atoms with E-state index in [2.05, 4.69) is 23.7 Å². The molecule has 0 aliphatic rings. The van der Waals surface area contributed by atoms with Gasteiger partial charge < -0.3 is 9.47 Å². The molecule has 0 saturated heterocycles. The Labute approximate surface area is 132 Å². The highest BCUT2D eigenvalue weighted by molar-refractivity contribution is 5.46. The molecule has 0 N–H and O–H groups in total. The van der Waals surface area contributed by atoms with E-state index < -0.39 is 0 Å². The molecule has 0 bridgehead atoms. The van der Waals surface area contributed by atoms with Crippen LogP contribution in [-0.4, -0.2) is 13.2 Å². The van der Waals surface area contributed by atoms with Gasteiger partial charge in [0.25, 0.3) is 0 Å². The molecule has 0 aromatic heterocycles. The maximum Gasteiger partial charge on any atom is 0.119 e. The van der Waals surface area contributed by atoms with Crippen LogP contribution in [0.2, 0.25) is 0 Å². The molecule has 2 aromatic carbocycles. The molecule has 0 aliphatic heterocycles. The fraction of sp³-hybridized carbons (Fsp3) is 0.200. The van der Waals surface area contributed by atoms with Gasteiger partial charge in [0.2, 0.25) is 0 Å². The SMILES string of the molecule is CCOc1ccc(C#CC#Cc2ccc(OCC)cc2)cc1. The van der Waals surface area contributed by atoms with Crippen LogP contribution in [0.1, 0.15) is 25.0 Å². The van der Waals surface area contributed by atoms with Gasteiger partial charge in [-0.1, -0.05) is 11.8 Å². The third-order valence-electron chi connectivity index (χ3n) is 2.81. The second-order valence-corrected chi connectivity index (χ2v) is 4.41. The molecule has 0 unspecified atom stereocenters. The molecule has 0 amide bonds. The van der Waals surface area contributed by atoms with E-state index in [1.165, 1.54) is 0 Å². The Morgan fingerprint density at radius 2 is 1.00 bits per heavy atom. The summed E-state index contributed by atoms with van der Waals surface area (Å²) in [7, 11) is 0. The highest BCUT2D eigenvalue weighted by atomic mass is 16.5. The Morgan fingerprint density at radius 3 is 1.32 bits per heavy atom. The summed E-state index contributed by atoms with van der Waals surface area (Å²) >= 11 is 0. The summed E-state index contributed by atoms with van der Waals surface area (Å²) in [5.74, 6) is 13.5. The van der Waals surface area contributed by atoms with Crippen molar-refractivity contribution in [3.8, 4) is 35.2 Å². The van der Waals surface area contributed by atoms with E-state index in [9.17, 15) is 0 Å². The number of benzene rings is 2. The van der Waals surface area contributed by atoms with Crippen LogP contribution in [0.4, 0.5) is 0 Å². The van der Waals surface area contributed by atoms with E-state index in [1.54, 1.807) is 0 Å². The van der Waals surface area contributed by atoms with Crippen molar-refractivity contribution >= 4 is 0 Å². The third kappa shape index (κ3) is 4.93. The predicted octanol–water partition coefficient (Wildman–Crippen LogP) is 3.89. The maximum absolute atomic E-state index is 5.38. The minimum Gasteiger partial charge on any atom is -0.494 e. The van der Waals surface area contributed by atoms with Gasteiger partial charge in [-0.25, -0.2) is 0 Å². The van der Waals surface area contributed by atoms with E-state index in [4.69, 9.17) is 9.47 Å². The molecule has 0 heterocycles. The lowest BCUT2D eigenvalue weighted by Crippen LogP contribution is -1.90. The first-order chi connectivity index (χ1) is 10.8. The molecule has 0 saturated carbocycles. The summed E-state index contributed by atoms with van der Waals surface area (Å²) in [6.45, 7) is 5.26. The van der Waals surface area contributed by atoms with E-state index in [-0.39, 0.29) is 0 Å². The van der Waals surface area contributed by atoms with E-state index in [0.717, 1.165) is 22.6 Å². The standard InChI is InChI=1S/C20H18O2/c1-3-21-19-13-9-17(10-14-19)7-5-6-8-18-11-15-20(16-12-18)22-4-2/h9-16H,3-4H2,1-2H3. The van der Waals surface area contributed by atoms with Crippen LogP contribution >= 0.6 is 0 Å². The molecule has 0 fully saturated rings. The van der Waals surface area contributed by atoms with E-state index >= 15 is 0 Å². The predicted molar refractivity (Wildman–Crippen MR) is 89.0 cm³/mol. The fourth-order valence-corrected chi connectivity index (χ4v) is 1.81. The number of ether oxygens (including phenoxy) is 2. The lowest BCUT2D eigenvalue weighted by Gasteiger charge is -2.01. The molecule has 0 radical (unpaired) electrons. The molecule has 22 heavy (non-hydrogen) atoms. The second kappa shape index (κ2) is 8.45. The van der Waals surface area contributed by atoms with Gasteiger partial charge in [-0.3, -0.25) is 0 Å². The highest BCUT2D eigenvalue weighted by Crippen LogP contribution is 2.12. The van der Waals surface area contributed by atoms with Gasteiger partial charge in [0.05, 0.1) is 13.2 Å². The first kappa shape index (κ1) is 15.5. The molecular weight excluding hydrogens is 272 g/mol. The summed E-state index contributed by atoms with van der Waals surface area (Å²) in [4.78, 5) is 0. The molecule has 0 aliphatic carbocycles. The van der Waals surface area contributed by atoms with E-state index in [0.29, 0.717) is 13.2 Å². The third-order valence-corrected chi connectivity index (χ3v) is 2.81. The normalized spacial score (nSPS) is 9.00. The van der Waals surface area contributed by atoms with Crippen LogP contribution in [0.25, 0.3) is 0 Å². The smallest absolute Gasteiger partial charge is 0.119 e. The minimum atomic E-state index is 0.665. The van der Waals surface area contributed by atoms with Crippen LogP contribution < -0.4 is 9.47 Å². The van der Waals surface area contributed by atoms with Crippen molar-refractivity contribution in [3.05, 3.63) is 59.7 Å². The average Bonchev–Trinajstić information content (AvgIpc) is 2.55. The number of hydrogen-bond acceptors (Lipinski definition) is 2. The quantitative estimate of drug-likeness (QED) is 0.795. The van der Waals surface area contributed by atoms with Crippen molar-refractivity contribution in [2.24, 2.45) is 0 Å². The van der Waals surface area contributed by atoms with Gasteiger partial charge in [-0.15, -0.1) is 0 Å². The summed E-state index contributed by atoms with van der Waals surface area (Å²) in [6, 6.07) is 15.3. The van der Waals surface area contributed by atoms with Gasteiger partial charge >= 0.3 is 0 Å². The number of hydrogen-bond donors (Lipinski definition) is 0. The molecule has 2 aromatic rings. The molecule has 2 nitrogen and oxygen atoms in total. The zero-order valence-corrected chi connectivity index (χ0v) is 12.8. The fourth-order valence-electron chi connectivity index (χ4n) is 1.81. The first-order valence-corrected chi connectivity index (χ1v) is 7.29. The van der Waals surface area contributed by atoms with Gasteiger partial charge in [0.15, 0.2) is 0 Å². The van der Waals surface area contributed by atoms with Crippen molar-refractivity contribution in [3.63, 3.8) is 0 Å². The van der Waals surface area contributed by atoms with Crippen molar-refractivity contribution < 1.29 is 9.47 Å². The maximum atomic E-state index is 5.38. The second-order valence-electron chi connectivity index (χ2n) is 4.41. The lowest BCUT2D eigenvalue weighted by atomic mass is 10.2.